The molecule has 0 heterocycles. The molecule has 76 valence electrons. The third-order valence-electron chi connectivity index (χ3n) is 2.40. The van der Waals surface area contributed by atoms with Gasteiger partial charge in [0.05, 0.1) is 0 Å². The summed E-state index contributed by atoms with van der Waals surface area (Å²) in [6.07, 6.45) is 6.67. The maximum absolute atomic E-state index is 11.0. The summed E-state index contributed by atoms with van der Waals surface area (Å²) in [6.45, 7) is 3.26. The van der Waals surface area contributed by atoms with Crippen molar-refractivity contribution < 1.29 is 18.4 Å². The number of hydrogen-bond acceptors (Lipinski definition) is 2. The Morgan fingerprint density at radius 3 is 2.23 bits per heavy atom. The molecule has 0 aromatic carbocycles. The molecular weight excluding hydrogens is 192 g/mol. The minimum atomic E-state index is -4.01. The smallest absolute Gasteiger partial charge is 0.274 e. The Morgan fingerprint density at radius 1 is 1.38 bits per heavy atom. The minimum Gasteiger partial charge on any atom is -0.412 e. The van der Waals surface area contributed by atoms with Gasteiger partial charge in [0.25, 0.3) is 10.1 Å². The molecule has 0 aromatic heterocycles. The predicted octanol–water partition coefficient (Wildman–Crippen LogP) is 0.570. The molecule has 0 spiro atoms. The highest BCUT2D eigenvalue weighted by Gasteiger charge is 2.40. The van der Waals surface area contributed by atoms with Gasteiger partial charge in [-0.15, -0.1) is 0 Å². The van der Waals surface area contributed by atoms with E-state index < -0.39 is 14.9 Å². The zero-order valence-corrected chi connectivity index (χ0v) is 8.38. The Morgan fingerprint density at radius 2 is 1.92 bits per heavy atom. The third-order valence-corrected chi connectivity index (χ3v) is 4.02. The highest BCUT2D eigenvalue weighted by Crippen LogP contribution is 2.30. The van der Waals surface area contributed by atoms with E-state index in [-0.39, 0.29) is 11.4 Å². The first-order valence-corrected chi connectivity index (χ1v) is 5.15. The van der Waals surface area contributed by atoms with Gasteiger partial charge in [0.15, 0.2) is 0 Å². The second-order valence-electron chi connectivity index (χ2n) is 3.19. The molecular formula is C8H14O4S. The van der Waals surface area contributed by atoms with E-state index >= 15 is 0 Å². The Hall–Kier alpha value is -0.650. The van der Waals surface area contributed by atoms with Gasteiger partial charge in [-0.2, -0.15) is 8.42 Å². The zero-order chi connectivity index (χ0) is 9.41. The van der Waals surface area contributed by atoms with Crippen LogP contribution in [0.1, 0.15) is 13.8 Å². The molecule has 13 heavy (non-hydrogen) atoms. The number of hydrogen-bond donors (Lipinski definition) is 1. The van der Waals surface area contributed by atoms with Crippen molar-refractivity contribution in [2.75, 3.05) is 0 Å². The molecule has 5 heteroatoms. The van der Waals surface area contributed by atoms with Crippen molar-refractivity contribution in [1.82, 2.24) is 0 Å². The Balaban J connectivity index is 0.00000144. The molecule has 3 N–H and O–H groups in total. The summed E-state index contributed by atoms with van der Waals surface area (Å²) in [5.74, 6) is -0.197. The van der Waals surface area contributed by atoms with Crippen molar-refractivity contribution in [3.05, 3.63) is 24.3 Å². The molecule has 1 aliphatic carbocycles. The van der Waals surface area contributed by atoms with Crippen molar-refractivity contribution in [1.29, 1.82) is 0 Å². The lowest BCUT2D eigenvalue weighted by atomic mass is 9.91. The van der Waals surface area contributed by atoms with Crippen LogP contribution in [0.4, 0.5) is 0 Å². The van der Waals surface area contributed by atoms with E-state index in [9.17, 15) is 8.42 Å². The molecule has 0 bridgehead atoms. The molecule has 2 unspecified atom stereocenters. The van der Waals surface area contributed by atoms with E-state index in [4.69, 9.17) is 4.55 Å². The maximum atomic E-state index is 11.0. The molecule has 0 fully saturated rings. The Labute approximate surface area is 78.0 Å². The largest absolute Gasteiger partial charge is 0.412 e. The average Bonchev–Trinajstić information content (AvgIpc) is 1.93. The molecule has 0 saturated heterocycles. The van der Waals surface area contributed by atoms with Crippen LogP contribution in [0.5, 0.6) is 0 Å². The third kappa shape index (κ3) is 1.99. The Bertz CT molecular complexity index is 328. The van der Waals surface area contributed by atoms with Crippen LogP contribution in [0.25, 0.3) is 0 Å². The summed E-state index contributed by atoms with van der Waals surface area (Å²) in [4.78, 5) is 0. The predicted molar refractivity (Wildman–Crippen MR) is 51.0 cm³/mol. The van der Waals surface area contributed by atoms with E-state index in [1.54, 1.807) is 25.2 Å². The van der Waals surface area contributed by atoms with E-state index in [0.29, 0.717) is 0 Å². The van der Waals surface area contributed by atoms with Gasteiger partial charge in [0.2, 0.25) is 0 Å². The van der Waals surface area contributed by atoms with Crippen molar-refractivity contribution in [3.8, 4) is 0 Å². The first kappa shape index (κ1) is 12.3. The van der Waals surface area contributed by atoms with Crippen LogP contribution in [-0.4, -0.2) is 23.2 Å². The summed E-state index contributed by atoms with van der Waals surface area (Å²) >= 11 is 0. The fraction of sp³-hybridized carbons (Fsp3) is 0.500. The molecule has 4 nitrogen and oxygen atoms in total. The monoisotopic (exact) mass is 206 g/mol. The molecule has 2 atom stereocenters. The summed E-state index contributed by atoms with van der Waals surface area (Å²) in [7, 11) is -4.01. The molecule has 0 aliphatic heterocycles. The van der Waals surface area contributed by atoms with Crippen LogP contribution < -0.4 is 0 Å². The van der Waals surface area contributed by atoms with Gasteiger partial charge < -0.3 is 5.48 Å². The summed E-state index contributed by atoms with van der Waals surface area (Å²) in [5, 5.41) is 0. The second-order valence-corrected chi connectivity index (χ2v) is 5.02. The fourth-order valence-corrected chi connectivity index (χ4v) is 1.94. The minimum absolute atomic E-state index is 0. The van der Waals surface area contributed by atoms with Gasteiger partial charge in [0, 0.05) is 0 Å². The van der Waals surface area contributed by atoms with E-state index in [2.05, 4.69) is 0 Å². The van der Waals surface area contributed by atoms with Gasteiger partial charge >= 0.3 is 0 Å². The van der Waals surface area contributed by atoms with Crippen LogP contribution in [0.3, 0.4) is 0 Å². The molecule has 0 saturated carbocycles. The van der Waals surface area contributed by atoms with Crippen LogP contribution in [0, 0.1) is 5.92 Å². The lowest BCUT2D eigenvalue weighted by Gasteiger charge is -2.29. The normalized spacial score (nSPS) is 32.7. The SMILES string of the molecule is CC1C=CC=CC1(C)S(=O)(=O)O.O. The first-order valence-electron chi connectivity index (χ1n) is 3.71. The lowest BCUT2D eigenvalue weighted by Crippen LogP contribution is -2.39. The van der Waals surface area contributed by atoms with Crippen LogP contribution in [0.2, 0.25) is 0 Å². The number of rotatable bonds is 1. The van der Waals surface area contributed by atoms with Gasteiger partial charge in [0.1, 0.15) is 4.75 Å². The van der Waals surface area contributed by atoms with Crippen molar-refractivity contribution in [2.45, 2.75) is 18.6 Å². The van der Waals surface area contributed by atoms with E-state index in [1.165, 1.54) is 13.0 Å². The summed E-state index contributed by atoms with van der Waals surface area (Å²) < 4.78 is 29.8. The van der Waals surface area contributed by atoms with Gasteiger partial charge in [-0.05, 0) is 12.8 Å². The topological polar surface area (TPSA) is 85.9 Å². The quantitative estimate of drug-likeness (QED) is 0.636. The van der Waals surface area contributed by atoms with E-state index in [1.807, 2.05) is 0 Å². The average molecular weight is 206 g/mol. The summed E-state index contributed by atoms with van der Waals surface area (Å²) in [6, 6.07) is 0. The number of allylic oxidation sites excluding steroid dienone is 3. The second kappa shape index (κ2) is 3.61. The van der Waals surface area contributed by atoms with Crippen molar-refractivity contribution in [2.24, 2.45) is 5.92 Å². The maximum Gasteiger partial charge on any atom is 0.274 e. The van der Waals surface area contributed by atoms with Crippen molar-refractivity contribution in [3.63, 3.8) is 0 Å². The van der Waals surface area contributed by atoms with Crippen molar-refractivity contribution >= 4 is 10.1 Å². The fourth-order valence-electron chi connectivity index (χ4n) is 1.14. The molecule has 1 aliphatic rings. The summed E-state index contributed by atoms with van der Waals surface area (Å²) in [5.41, 5.74) is 0. The molecule has 0 radical (unpaired) electrons. The first-order chi connectivity index (χ1) is 5.38. The van der Waals surface area contributed by atoms with Crippen LogP contribution in [0.15, 0.2) is 24.3 Å². The Kier molecular flexibility index (Phi) is 3.43. The highest BCUT2D eigenvalue weighted by molar-refractivity contribution is 7.87. The zero-order valence-electron chi connectivity index (χ0n) is 7.56. The van der Waals surface area contributed by atoms with Crippen LogP contribution in [-0.2, 0) is 10.1 Å². The highest BCUT2D eigenvalue weighted by atomic mass is 32.2. The van der Waals surface area contributed by atoms with Gasteiger partial charge in [-0.25, -0.2) is 0 Å². The van der Waals surface area contributed by atoms with Crippen LogP contribution >= 0.6 is 0 Å². The molecule has 0 aromatic rings. The van der Waals surface area contributed by atoms with E-state index in [0.717, 1.165) is 0 Å². The molecule has 0 amide bonds. The standard InChI is InChI=1S/C8H12O3S.H2O/c1-7-5-3-4-6-8(7,2)12(9,10)11;/h3-7H,1-2H3,(H,9,10,11);1H2. The van der Waals surface area contributed by atoms with Gasteiger partial charge in [-0.3, -0.25) is 4.55 Å². The van der Waals surface area contributed by atoms with Gasteiger partial charge in [-0.1, -0.05) is 31.2 Å². The molecule has 1 rings (SSSR count). The lowest BCUT2D eigenvalue weighted by molar-refractivity contribution is 0.426.